The molecule has 29 heavy (non-hydrogen) atoms. The van der Waals surface area contributed by atoms with Gasteiger partial charge in [0.2, 0.25) is 0 Å². The topological polar surface area (TPSA) is 105 Å². The van der Waals surface area contributed by atoms with E-state index < -0.39 is 26.5 Å². The van der Waals surface area contributed by atoms with Crippen LogP contribution in [0.2, 0.25) is 0 Å². The maximum absolute atomic E-state index is 11.8. The highest BCUT2D eigenvalue weighted by molar-refractivity contribution is 7.45. The van der Waals surface area contributed by atoms with Crippen molar-refractivity contribution in [3.05, 3.63) is 0 Å². The third kappa shape index (κ3) is 19.2. The van der Waals surface area contributed by atoms with Gasteiger partial charge >= 0.3 is 5.97 Å². The number of unbranched alkanes of at least 4 members (excludes halogenated alkanes) is 8. The van der Waals surface area contributed by atoms with Crippen molar-refractivity contribution in [1.29, 1.82) is 0 Å². The fourth-order valence-corrected chi connectivity index (χ4v) is 3.45. The van der Waals surface area contributed by atoms with E-state index >= 15 is 0 Å². The average molecular weight is 440 g/mol. The van der Waals surface area contributed by atoms with Crippen LogP contribution in [-0.4, -0.2) is 69.2 Å². The molecule has 0 spiro atoms. The van der Waals surface area contributed by atoms with E-state index in [0.29, 0.717) is 11.0 Å². The maximum Gasteiger partial charge on any atom is 0.305 e. The molecule has 0 amide bonds. The van der Waals surface area contributed by atoms with E-state index in [1.54, 1.807) is 0 Å². The van der Waals surface area contributed by atoms with E-state index in [1.165, 1.54) is 38.5 Å². The predicted molar refractivity (Wildman–Crippen MR) is 111 cm³/mol. The normalized spacial score (nSPS) is 15.1. The average Bonchev–Trinajstić information content (AvgIpc) is 2.62. The quantitative estimate of drug-likeness (QED) is 0.143. The number of ether oxygens (including phenoxy) is 1. The summed E-state index contributed by atoms with van der Waals surface area (Å²) in [6.45, 7) is 1.75. The second-order valence-corrected chi connectivity index (χ2v) is 9.83. The Labute approximate surface area is 176 Å². The number of nitrogens with zero attached hydrogens (tertiary/aromatic N) is 1. The summed E-state index contributed by atoms with van der Waals surface area (Å²) in [5.74, 6) is -0.415. The number of likely N-dealkylation sites (N-methyl/N-ethyl adjacent to an activating group) is 1. The molecule has 8 nitrogen and oxygen atoms in total. The number of hydrogen-bond donors (Lipinski definition) is 1. The second kappa shape index (κ2) is 16.2. The molecule has 0 aliphatic heterocycles. The van der Waals surface area contributed by atoms with Gasteiger partial charge in [0, 0.05) is 6.42 Å². The fraction of sp³-hybridized carbons (Fsp3) is 0.950. The molecule has 1 N–H and O–H groups in total. The molecule has 0 aromatic rings. The smallest absolute Gasteiger partial charge is 0.305 e. The van der Waals surface area contributed by atoms with Gasteiger partial charge in [-0.3, -0.25) is 9.36 Å². The lowest BCUT2D eigenvalue weighted by atomic mass is 10.1. The van der Waals surface area contributed by atoms with Crippen LogP contribution in [0.4, 0.5) is 0 Å². The number of hydrogen-bond acceptors (Lipinski definition) is 7. The highest BCUT2D eigenvalue weighted by atomic mass is 31.2. The van der Waals surface area contributed by atoms with Crippen molar-refractivity contribution >= 4 is 13.8 Å². The number of phosphoric ester groups is 1. The van der Waals surface area contributed by atoms with Gasteiger partial charge in [-0.05, 0) is 6.42 Å². The van der Waals surface area contributed by atoms with Crippen molar-refractivity contribution in [3.8, 4) is 0 Å². The Morgan fingerprint density at radius 1 is 1.03 bits per heavy atom. The summed E-state index contributed by atoms with van der Waals surface area (Å²) in [6, 6.07) is 0. The van der Waals surface area contributed by atoms with Crippen molar-refractivity contribution in [2.75, 3.05) is 47.5 Å². The zero-order valence-corrected chi connectivity index (χ0v) is 19.7. The molecule has 1 unspecified atom stereocenters. The number of carbonyl (C=O) groups excluding carboxylic acids is 1. The molecule has 0 rings (SSSR count). The Kier molecular flexibility index (Phi) is 15.9. The zero-order chi connectivity index (χ0) is 22.2. The van der Waals surface area contributed by atoms with Crippen molar-refractivity contribution in [2.24, 2.45) is 0 Å². The largest absolute Gasteiger partial charge is 0.756 e. The Hall–Kier alpha value is -0.500. The highest BCUT2D eigenvalue weighted by Gasteiger charge is 2.20. The van der Waals surface area contributed by atoms with E-state index in [-0.39, 0.29) is 19.6 Å². The molecule has 0 aliphatic rings. The number of carbonyl (C=O) groups is 1. The molecule has 0 saturated heterocycles. The van der Waals surface area contributed by atoms with Gasteiger partial charge in [0.15, 0.2) is 0 Å². The molecule has 174 valence electrons. The lowest BCUT2D eigenvalue weighted by Gasteiger charge is -2.29. The fourth-order valence-electron chi connectivity index (χ4n) is 2.59. The van der Waals surface area contributed by atoms with Gasteiger partial charge in [-0.1, -0.05) is 58.3 Å². The Morgan fingerprint density at radius 2 is 1.59 bits per heavy atom. The molecular formula is C20H42NO7P. The summed E-state index contributed by atoms with van der Waals surface area (Å²) in [5, 5.41) is 9.27. The van der Waals surface area contributed by atoms with Crippen LogP contribution in [0.5, 0.6) is 0 Å². The lowest BCUT2D eigenvalue weighted by Crippen LogP contribution is -2.38. The van der Waals surface area contributed by atoms with Crippen LogP contribution in [-0.2, 0) is 23.1 Å². The SMILES string of the molecule is CCCCCCCCCCCC(=O)OC[C@H](CO)OP(=O)([O-])OCC[N+](C)(C)C. The van der Waals surface area contributed by atoms with Crippen LogP contribution >= 0.6 is 7.82 Å². The van der Waals surface area contributed by atoms with Crippen molar-refractivity contribution < 1.29 is 37.6 Å². The number of esters is 1. The van der Waals surface area contributed by atoms with Gasteiger partial charge in [-0.2, -0.15) is 0 Å². The molecule has 0 saturated carbocycles. The molecule has 0 radical (unpaired) electrons. The minimum absolute atomic E-state index is 0.0270. The third-order valence-corrected chi connectivity index (χ3v) is 5.46. The van der Waals surface area contributed by atoms with Gasteiger partial charge in [0.25, 0.3) is 7.82 Å². The first kappa shape index (κ1) is 28.5. The van der Waals surface area contributed by atoms with Crippen LogP contribution in [0, 0.1) is 0 Å². The first-order chi connectivity index (χ1) is 13.6. The summed E-state index contributed by atoms with van der Waals surface area (Å²) >= 11 is 0. The van der Waals surface area contributed by atoms with Crippen LogP contribution in [0.1, 0.15) is 71.1 Å². The summed E-state index contributed by atoms with van der Waals surface area (Å²) in [5.41, 5.74) is 0. The molecule has 2 atom stereocenters. The van der Waals surface area contributed by atoms with Gasteiger partial charge in [0.1, 0.15) is 25.9 Å². The number of aliphatic hydroxyl groups excluding tert-OH is 1. The van der Waals surface area contributed by atoms with Gasteiger partial charge < -0.3 is 28.3 Å². The standard InChI is InChI=1S/C20H42NO7P/c1-5-6-7-8-9-10-11-12-13-14-20(23)26-18-19(17-22)28-29(24,25)27-16-15-21(2,3)4/h19,22H,5-18H2,1-4H3/t19-/m0/s1. The summed E-state index contributed by atoms with van der Waals surface area (Å²) in [7, 11) is 1.15. The monoisotopic (exact) mass is 439 g/mol. The first-order valence-corrected chi connectivity index (χ1v) is 12.3. The summed E-state index contributed by atoms with van der Waals surface area (Å²) in [4.78, 5) is 23.6. The Bertz CT molecular complexity index is 468. The molecule has 0 fully saturated rings. The molecule has 0 aromatic heterocycles. The van der Waals surface area contributed by atoms with Crippen molar-refractivity contribution in [1.82, 2.24) is 0 Å². The van der Waals surface area contributed by atoms with Crippen molar-refractivity contribution in [3.63, 3.8) is 0 Å². The molecule has 9 heteroatoms. The molecular weight excluding hydrogens is 397 g/mol. The number of phosphoric acid groups is 1. The van der Waals surface area contributed by atoms with E-state index in [2.05, 4.69) is 6.92 Å². The highest BCUT2D eigenvalue weighted by Crippen LogP contribution is 2.39. The minimum atomic E-state index is -4.57. The van der Waals surface area contributed by atoms with Crippen LogP contribution in [0.15, 0.2) is 0 Å². The van der Waals surface area contributed by atoms with Gasteiger partial charge in [-0.15, -0.1) is 0 Å². The molecule has 0 aliphatic carbocycles. The van der Waals surface area contributed by atoms with E-state index in [4.69, 9.17) is 13.8 Å². The first-order valence-electron chi connectivity index (χ1n) is 10.8. The predicted octanol–water partition coefficient (Wildman–Crippen LogP) is 3.02. The second-order valence-electron chi connectivity index (χ2n) is 8.47. The molecule has 0 aromatic carbocycles. The van der Waals surface area contributed by atoms with Crippen LogP contribution in [0.25, 0.3) is 0 Å². The zero-order valence-electron chi connectivity index (χ0n) is 18.8. The lowest BCUT2D eigenvalue weighted by molar-refractivity contribution is -0.870. The maximum atomic E-state index is 11.8. The minimum Gasteiger partial charge on any atom is -0.756 e. The van der Waals surface area contributed by atoms with Crippen LogP contribution in [0.3, 0.4) is 0 Å². The van der Waals surface area contributed by atoms with Crippen molar-refractivity contribution in [2.45, 2.75) is 77.2 Å². The van der Waals surface area contributed by atoms with Gasteiger partial charge in [-0.25, -0.2) is 0 Å². The summed E-state index contributed by atoms with van der Waals surface area (Å²) in [6.07, 6.45) is 9.50. The number of quaternary nitrogens is 1. The Morgan fingerprint density at radius 3 is 2.10 bits per heavy atom. The van der Waals surface area contributed by atoms with Gasteiger partial charge in [0.05, 0.1) is 27.7 Å². The number of rotatable bonds is 19. The Balaban J connectivity index is 3.88. The van der Waals surface area contributed by atoms with E-state index in [9.17, 15) is 19.4 Å². The molecule has 0 heterocycles. The van der Waals surface area contributed by atoms with Crippen LogP contribution < -0.4 is 4.89 Å². The molecule has 0 bridgehead atoms. The number of aliphatic hydroxyl groups is 1. The summed E-state index contributed by atoms with van der Waals surface area (Å²) < 4.78 is 27.0. The van der Waals surface area contributed by atoms with E-state index in [1.807, 2.05) is 21.1 Å². The third-order valence-electron chi connectivity index (χ3n) is 4.41. The van der Waals surface area contributed by atoms with E-state index in [0.717, 1.165) is 19.3 Å².